The molecule has 1 fully saturated rings. The Morgan fingerprint density at radius 2 is 1.83 bits per heavy atom. The van der Waals surface area contributed by atoms with E-state index in [1.165, 1.54) is 5.56 Å². The van der Waals surface area contributed by atoms with Crippen molar-refractivity contribution < 1.29 is 9.53 Å². The van der Waals surface area contributed by atoms with Gasteiger partial charge >= 0.3 is 0 Å². The minimum absolute atomic E-state index is 0.0592. The lowest BCUT2D eigenvalue weighted by Gasteiger charge is -2.28. The molecular formula is C14H21NO2S. The maximum Gasteiger partial charge on any atom is 0.136 e. The fourth-order valence-electron chi connectivity index (χ4n) is 1.62. The van der Waals surface area contributed by atoms with E-state index in [0.29, 0.717) is 0 Å². The molecule has 2 rings (SSSR count). The van der Waals surface area contributed by atoms with Crippen LogP contribution in [0.15, 0.2) is 29.2 Å². The lowest BCUT2D eigenvalue weighted by Crippen LogP contribution is -2.42. The van der Waals surface area contributed by atoms with Crippen molar-refractivity contribution in [1.29, 1.82) is 0 Å². The molecule has 4 heteroatoms. The quantitative estimate of drug-likeness (QED) is 0.658. The van der Waals surface area contributed by atoms with Crippen molar-refractivity contribution in [3.05, 3.63) is 29.8 Å². The number of aryl methyl sites for hydroxylation is 1. The van der Waals surface area contributed by atoms with Gasteiger partial charge < -0.3 is 9.53 Å². The third kappa shape index (κ3) is 5.67. The molecule has 0 aromatic heterocycles. The van der Waals surface area contributed by atoms with Gasteiger partial charge in [0.2, 0.25) is 0 Å². The Labute approximate surface area is 115 Å². The summed E-state index contributed by atoms with van der Waals surface area (Å²) in [5.41, 5.74) is 1.28. The number of carbonyl (C=O) groups is 1. The van der Waals surface area contributed by atoms with Crippen LogP contribution in [-0.4, -0.2) is 43.5 Å². The fraction of sp³-hybridized carbons (Fsp3) is 0.500. The van der Waals surface area contributed by atoms with Gasteiger partial charge in [0.25, 0.3) is 0 Å². The van der Waals surface area contributed by atoms with E-state index in [1.54, 1.807) is 0 Å². The first kappa shape index (κ1) is 15.2. The molecule has 1 heterocycles. The van der Waals surface area contributed by atoms with Crippen LogP contribution in [0, 0.1) is 6.92 Å². The smallest absolute Gasteiger partial charge is 0.136 e. The van der Waals surface area contributed by atoms with E-state index in [1.807, 2.05) is 31.2 Å². The normalized spacial score (nSPS) is 17.5. The number of hydrogen-bond acceptors (Lipinski definition) is 4. The summed E-state index contributed by atoms with van der Waals surface area (Å²) >= 11 is 4.13. The zero-order valence-corrected chi connectivity index (χ0v) is 11.9. The summed E-state index contributed by atoms with van der Waals surface area (Å²) < 4.78 is 5.14. The Kier molecular flexibility index (Phi) is 7.01. The highest BCUT2D eigenvalue weighted by Gasteiger charge is 2.15. The first-order chi connectivity index (χ1) is 8.63. The molecule has 0 saturated carbocycles. The van der Waals surface area contributed by atoms with Crippen LogP contribution >= 0.6 is 12.6 Å². The molecule has 0 radical (unpaired) electrons. The predicted octanol–water partition coefficient (Wildman–Crippen LogP) is 2.19. The molecule has 0 bridgehead atoms. The molecule has 1 aliphatic heterocycles. The summed E-state index contributed by atoms with van der Waals surface area (Å²) in [7, 11) is 0. The minimum atomic E-state index is 0.0592. The third-order valence-electron chi connectivity index (χ3n) is 2.85. The number of aldehydes is 1. The third-order valence-corrected chi connectivity index (χ3v) is 3.15. The summed E-state index contributed by atoms with van der Waals surface area (Å²) in [6.07, 6.45) is 0.978. The molecule has 18 heavy (non-hydrogen) atoms. The number of thiol groups is 1. The molecule has 100 valence electrons. The highest BCUT2D eigenvalue weighted by Crippen LogP contribution is 2.05. The molecule has 0 amide bonds. The van der Waals surface area contributed by atoms with Gasteiger partial charge in [0.15, 0.2) is 0 Å². The molecule has 0 aliphatic carbocycles. The van der Waals surface area contributed by atoms with Crippen LogP contribution in [-0.2, 0) is 9.53 Å². The predicted molar refractivity (Wildman–Crippen MR) is 76.3 cm³/mol. The van der Waals surface area contributed by atoms with Crippen molar-refractivity contribution in [2.45, 2.75) is 24.8 Å². The van der Waals surface area contributed by atoms with Crippen LogP contribution in [0.3, 0.4) is 0 Å². The maximum atomic E-state index is 10.3. The fourth-order valence-corrected chi connectivity index (χ4v) is 1.76. The van der Waals surface area contributed by atoms with Gasteiger partial charge in [-0.1, -0.05) is 17.7 Å². The molecule has 1 aliphatic rings. The van der Waals surface area contributed by atoms with Gasteiger partial charge in [-0.15, -0.1) is 12.6 Å². The monoisotopic (exact) mass is 267 g/mol. The number of hydrogen-bond donors (Lipinski definition) is 1. The Hall–Kier alpha value is -0.840. The number of rotatable bonds is 2. The molecule has 1 atom stereocenters. The van der Waals surface area contributed by atoms with E-state index in [0.717, 1.165) is 37.5 Å². The highest BCUT2D eigenvalue weighted by atomic mass is 32.1. The van der Waals surface area contributed by atoms with Gasteiger partial charge in [-0.3, -0.25) is 4.90 Å². The van der Waals surface area contributed by atoms with Gasteiger partial charge in [-0.2, -0.15) is 0 Å². The average Bonchev–Trinajstić information content (AvgIpc) is 2.43. The van der Waals surface area contributed by atoms with Gasteiger partial charge in [0.05, 0.1) is 19.3 Å². The molecule has 1 unspecified atom stereocenters. The van der Waals surface area contributed by atoms with E-state index in [4.69, 9.17) is 4.74 Å². The van der Waals surface area contributed by atoms with Crippen molar-refractivity contribution in [3.8, 4) is 0 Å². The summed E-state index contributed by atoms with van der Waals surface area (Å²) in [5.74, 6) is 0. The van der Waals surface area contributed by atoms with E-state index in [-0.39, 0.29) is 6.04 Å². The van der Waals surface area contributed by atoms with Crippen LogP contribution in [0.1, 0.15) is 12.5 Å². The van der Waals surface area contributed by atoms with Crippen LogP contribution < -0.4 is 0 Å². The van der Waals surface area contributed by atoms with Crippen molar-refractivity contribution in [3.63, 3.8) is 0 Å². The van der Waals surface area contributed by atoms with Crippen LogP contribution in [0.25, 0.3) is 0 Å². The summed E-state index contributed by atoms with van der Waals surface area (Å²) in [4.78, 5) is 13.5. The molecule has 1 saturated heterocycles. The molecule has 1 aromatic carbocycles. The van der Waals surface area contributed by atoms with E-state index < -0.39 is 0 Å². The minimum Gasteiger partial charge on any atom is -0.379 e. The maximum absolute atomic E-state index is 10.3. The molecule has 0 spiro atoms. The first-order valence-electron chi connectivity index (χ1n) is 6.16. The standard InChI is InChI=1S/C7H13NO2.C7H8S/c1-7(6-9)8-2-4-10-5-3-8;1-6-2-4-7(8)5-3-6/h6-7H,2-5H2,1H3;2-5,8H,1H3. The molecule has 3 nitrogen and oxygen atoms in total. The van der Waals surface area contributed by atoms with Crippen molar-refractivity contribution in [2.75, 3.05) is 26.3 Å². The van der Waals surface area contributed by atoms with E-state index in [2.05, 4.69) is 24.5 Å². The van der Waals surface area contributed by atoms with Crippen LogP contribution in [0.2, 0.25) is 0 Å². The molecule has 0 N–H and O–H groups in total. The zero-order chi connectivity index (χ0) is 13.4. The average molecular weight is 267 g/mol. The second-order valence-corrected chi connectivity index (χ2v) is 4.88. The number of morpholine rings is 1. The van der Waals surface area contributed by atoms with E-state index >= 15 is 0 Å². The Balaban J connectivity index is 0.000000184. The topological polar surface area (TPSA) is 29.5 Å². The second-order valence-electron chi connectivity index (χ2n) is 4.36. The van der Waals surface area contributed by atoms with Crippen molar-refractivity contribution in [2.24, 2.45) is 0 Å². The number of ether oxygens (including phenoxy) is 1. The first-order valence-corrected chi connectivity index (χ1v) is 6.61. The van der Waals surface area contributed by atoms with Gasteiger partial charge in [0, 0.05) is 18.0 Å². The Morgan fingerprint density at radius 3 is 2.28 bits per heavy atom. The number of nitrogens with zero attached hydrogens (tertiary/aromatic N) is 1. The van der Waals surface area contributed by atoms with E-state index in [9.17, 15) is 4.79 Å². The largest absolute Gasteiger partial charge is 0.379 e. The number of benzene rings is 1. The van der Waals surface area contributed by atoms with Crippen LogP contribution in [0.4, 0.5) is 0 Å². The SMILES string of the molecule is CC(C=O)N1CCOCC1.Cc1ccc(S)cc1. The summed E-state index contributed by atoms with van der Waals surface area (Å²) in [5, 5.41) is 0. The Morgan fingerprint density at radius 1 is 1.28 bits per heavy atom. The second kappa shape index (κ2) is 8.29. The van der Waals surface area contributed by atoms with Gasteiger partial charge in [-0.25, -0.2) is 0 Å². The highest BCUT2D eigenvalue weighted by molar-refractivity contribution is 7.80. The molecular weight excluding hydrogens is 246 g/mol. The molecule has 1 aromatic rings. The number of carbonyl (C=O) groups excluding carboxylic acids is 1. The lowest BCUT2D eigenvalue weighted by molar-refractivity contribution is -0.113. The van der Waals surface area contributed by atoms with Gasteiger partial charge in [-0.05, 0) is 26.0 Å². The van der Waals surface area contributed by atoms with Crippen LogP contribution in [0.5, 0.6) is 0 Å². The summed E-state index contributed by atoms with van der Waals surface area (Å²) in [6.45, 7) is 7.28. The Bertz CT molecular complexity index is 326. The lowest BCUT2D eigenvalue weighted by atomic mass is 10.2. The van der Waals surface area contributed by atoms with Gasteiger partial charge in [0.1, 0.15) is 6.29 Å². The van der Waals surface area contributed by atoms with Crippen molar-refractivity contribution >= 4 is 18.9 Å². The van der Waals surface area contributed by atoms with Crippen molar-refractivity contribution in [1.82, 2.24) is 4.90 Å². The summed E-state index contributed by atoms with van der Waals surface area (Å²) in [6, 6.07) is 8.12. The zero-order valence-electron chi connectivity index (χ0n) is 11.0.